The van der Waals surface area contributed by atoms with Crippen LogP contribution in [0.1, 0.15) is 24.3 Å². The lowest BCUT2D eigenvalue weighted by Crippen LogP contribution is -2.31. The topological polar surface area (TPSA) is 67.7 Å². The predicted octanol–water partition coefficient (Wildman–Crippen LogP) is 2.83. The van der Waals surface area contributed by atoms with Crippen LogP contribution in [0.2, 0.25) is 5.28 Å². The highest BCUT2D eigenvalue weighted by Gasteiger charge is 2.16. The monoisotopic (exact) mass is 328 g/mol. The highest BCUT2D eigenvalue weighted by atomic mass is 35.5. The van der Waals surface area contributed by atoms with Gasteiger partial charge in [-0.2, -0.15) is 15.0 Å². The number of piperidine rings is 1. The van der Waals surface area contributed by atoms with E-state index in [1.165, 1.54) is 42.4 Å². The third kappa shape index (κ3) is 3.36. The van der Waals surface area contributed by atoms with E-state index in [9.17, 15) is 0 Å². The fourth-order valence-electron chi connectivity index (χ4n) is 2.00. The molecule has 0 N–H and O–H groups in total. The van der Waals surface area contributed by atoms with Crippen LogP contribution in [0.4, 0.5) is 5.95 Å². The number of aromatic nitrogens is 5. The van der Waals surface area contributed by atoms with Crippen molar-refractivity contribution in [1.82, 2.24) is 25.1 Å². The minimum absolute atomic E-state index is 0.226. The Morgan fingerprint density at radius 2 is 1.90 bits per heavy atom. The van der Waals surface area contributed by atoms with Gasteiger partial charge in [-0.3, -0.25) is 0 Å². The van der Waals surface area contributed by atoms with Crippen molar-refractivity contribution in [3.63, 3.8) is 0 Å². The Bertz CT molecular complexity index is 598. The zero-order valence-electron chi connectivity index (χ0n) is 10.9. The molecule has 0 aromatic carbocycles. The van der Waals surface area contributed by atoms with Gasteiger partial charge in [0.2, 0.25) is 16.4 Å². The molecule has 1 saturated heterocycles. The molecule has 0 amide bonds. The van der Waals surface area contributed by atoms with Gasteiger partial charge >= 0.3 is 0 Å². The molecular formula is C11H13ClN6S2. The van der Waals surface area contributed by atoms with Crippen LogP contribution in [0.25, 0.3) is 0 Å². The van der Waals surface area contributed by atoms with Crippen molar-refractivity contribution in [1.29, 1.82) is 0 Å². The number of hydrogen-bond acceptors (Lipinski definition) is 8. The summed E-state index contributed by atoms with van der Waals surface area (Å²) in [6.45, 7) is 3.87. The van der Waals surface area contributed by atoms with Crippen LogP contribution < -0.4 is 4.90 Å². The highest BCUT2D eigenvalue weighted by molar-refractivity contribution is 8.00. The Kier molecular flexibility index (Phi) is 4.32. The molecule has 0 saturated carbocycles. The van der Waals surface area contributed by atoms with E-state index in [0.29, 0.717) is 11.1 Å². The van der Waals surface area contributed by atoms with Gasteiger partial charge in [-0.05, 0) is 49.5 Å². The average molecular weight is 329 g/mol. The first kappa shape index (κ1) is 14.0. The molecule has 0 bridgehead atoms. The molecule has 0 radical (unpaired) electrons. The number of anilines is 1. The molecule has 2 aromatic rings. The molecule has 106 valence electrons. The number of aryl methyl sites for hydroxylation is 1. The normalized spacial score (nSPS) is 15.6. The predicted molar refractivity (Wildman–Crippen MR) is 79.7 cm³/mol. The van der Waals surface area contributed by atoms with E-state index < -0.39 is 0 Å². The van der Waals surface area contributed by atoms with Crippen LogP contribution in [0.3, 0.4) is 0 Å². The highest BCUT2D eigenvalue weighted by Crippen LogP contribution is 2.29. The van der Waals surface area contributed by atoms with Crippen molar-refractivity contribution in [3.05, 3.63) is 10.3 Å². The summed E-state index contributed by atoms with van der Waals surface area (Å²) in [6, 6.07) is 0. The van der Waals surface area contributed by atoms with E-state index in [1.54, 1.807) is 0 Å². The second kappa shape index (κ2) is 6.19. The van der Waals surface area contributed by atoms with Crippen LogP contribution in [-0.4, -0.2) is 38.2 Å². The van der Waals surface area contributed by atoms with Gasteiger partial charge in [-0.15, -0.1) is 10.2 Å². The van der Waals surface area contributed by atoms with Crippen LogP contribution in [0.5, 0.6) is 0 Å². The fourth-order valence-corrected chi connectivity index (χ4v) is 3.87. The smallest absolute Gasteiger partial charge is 0.230 e. The van der Waals surface area contributed by atoms with Gasteiger partial charge in [-0.25, -0.2) is 0 Å². The SMILES string of the molecule is Cc1nnc(Sc2nc(Cl)nc(N3CCCCC3)n2)s1. The zero-order valence-corrected chi connectivity index (χ0v) is 13.3. The lowest BCUT2D eigenvalue weighted by molar-refractivity contribution is 0.564. The molecule has 1 fully saturated rings. The van der Waals surface area contributed by atoms with Gasteiger partial charge in [0, 0.05) is 13.1 Å². The second-order valence-electron chi connectivity index (χ2n) is 4.42. The van der Waals surface area contributed by atoms with Crippen LogP contribution >= 0.6 is 34.7 Å². The van der Waals surface area contributed by atoms with Gasteiger partial charge in [0.15, 0.2) is 4.34 Å². The molecule has 6 nitrogen and oxygen atoms in total. The fraction of sp³-hybridized carbons (Fsp3) is 0.545. The molecule has 2 aromatic heterocycles. The van der Waals surface area contributed by atoms with Crippen molar-refractivity contribution in [2.24, 2.45) is 0 Å². The second-order valence-corrected chi connectivity index (χ2v) is 7.16. The van der Waals surface area contributed by atoms with Crippen LogP contribution in [0.15, 0.2) is 9.50 Å². The number of halogens is 1. The maximum absolute atomic E-state index is 6.01. The maximum Gasteiger partial charge on any atom is 0.230 e. The number of rotatable bonds is 3. The van der Waals surface area contributed by atoms with E-state index in [-0.39, 0.29) is 5.28 Å². The first-order chi connectivity index (χ1) is 9.70. The van der Waals surface area contributed by atoms with Gasteiger partial charge in [0.25, 0.3) is 0 Å². The standard InChI is InChI=1S/C11H13ClN6S2/c1-7-16-17-11(19-7)20-10-14-8(12)13-9(15-10)18-5-3-2-4-6-18/h2-6H2,1H3. The third-order valence-corrected chi connectivity index (χ3v) is 4.82. The molecule has 3 heterocycles. The Morgan fingerprint density at radius 3 is 2.60 bits per heavy atom. The molecule has 1 aliphatic rings. The van der Waals surface area contributed by atoms with Crippen molar-refractivity contribution in [2.75, 3.05) is 18.0 Å². The van der Waals surface area contributed by atoms with Gasteiger partial charge < -0.3 is 4.90 Å². The van der Waals surface area contributed by atoms with Crippen LogP contribution in [0, 0.1) is 6.92 Å². The Labute approximate surface area is 130 Å². The van der Waals surface area contributed by atoms with Crippen molar-refractivity contribution in [2.45, 2.75) is 35.7 Å². The largest absolute Gasteiger partial charge is 0.341 e. The molecule has 0 aliphatic carbocycles. The van der Waals surface area contributed by atoms with E-state index in [2.05, 4.69) is 30.0 Å². The summed E-state index contributed by atoms with van der Waals surface area (Å²) in [4.78, 5) is 15.0. The minimum Gasteiger partial charge on any atom is -0.341 e. The number of hydrogen-bond donors (Lipinski definition) is 0. The number of nitrogens with zero attached hydrogens (tertiary/aromatic N) is 6. The molecule has 0 unspecified atom stereocenters. The summed E-state index contributed by atoms with van der Waals surface area (Å²) in [7, 11) is 0. The lowest BCUT2D eigenvalue weighted by Gasteiger charge is -2.26. The van der Waals surface area contributed by atoms with E-state index in [0.717, 1.165) is 22.4 Å². The molecule has 0 spiro atoms. The quantitative estimate of drug-likeness (QED) is 0.858. The van der Waals surface area contributed by atoms with E-state index >= 15 is 0 Å². The summed E-state index contributed by atoms with van der Waals surface area (Å²) in [6.07, 6.45) is 3.60. The minimum atomic E-state index is 0.226. The summed E-state index contributed by atoms with van der Waals surface area (Å²) in [5.41, 5.74) is 0. The molecule has 9 heteroatoms. The lowest BCUT2D eigenvalue weighted by atomic mass is 10.1. The summed E-state index contributed by atoms with van der Waals surface area (Å²) in [5.74, 6) is 0.661. The molecular weight excluding hydrogens is 316 g/mol. The van der Waals surface area contributed by atoms with Crippen molar-refractivity contribution < 1.29 is 0 Å². The van der Waals surface area contributed by atoms with Crippen LogP contribution in [-0.2, 0) is 0 Å². The maximum atomic E-state index is 6.01. The van der Waals surface area contributed by atoms with Crippen molar-refractivity contribution in [3.8, 4) is 0 Å². The molecule has 3 rings (SSSR count). The molecule has 0 atom stereocenters. The Balaban J connectivity index is 1.82. The summed E-state index contributed by atoms with van der Waals surface area (Å²) in [5, 5.41) is 9.76. The van der Waals surface area contributed by atoms with E-state index in [4.69, 9.17) is 11.6 Å². The summed E-state index contributed by atoms with van der Waals surface area (Å²) >= 11 is 8.89. The molecule has 1 aliphatic heterocycles. The van der Waals surface area contributed by atoms with Gasteiger partial charge in [-0.1, -0.05) is 11.3 Å². The van der Waals surface area contributed by atoms with Gasteiger partial charge in [0.1, 0.15) is 5.01 Å². The first-order valence-corrected chi connectivity index (χ1v) is 8.36. The molecule has 20 heavy (non-hydrogen) atoms. The Morgan fingerprint density at radius 1 is 1.10 bits per heavy atom. The first-order valence-electron chi connectivity index (χ1n) is 6.35. The van der Waals surface area contributed by atoms with E-state index in [1.807, 2.05) is 6.92 Å². The zero-order chi connectivity index (χ0) is 13.9. The Hall–Kier alpha value is -0.990. The van der Waals surface area contributed by atoms with Gasteiger partial charge in [0.05, 0.1) is 0 Å². The summed E-state index contributed by atoms with van der Waals surface area (Å²) < 4.78 is 0.814. The third-order valence-electron chi connectivity index (χ3n) is 2.90. The average Bonchev–Trinajstić information content (AvgIpc) is 2.84. The van der Waals surface area contributed by atoms with Crippen molar-refractivity contribution >= 4 is 40.6 Å².